The molecule has 4 aromatic rings. The fraction of sp³-hybridized carbons (Fsp3) is 0.333. The van der Waals surface area contributed by atoms with Gasteiger partial charge in [0.05, 0.1) is 35.2 Å². The predicted molar refractivity (Wildman–Crippen MR) is 192 cm³/mol. The van der Waals surface area contributed by atoms with Gasteiger partial charge in [0.15, 0.2) is 5.11 Å². The molecule has 2 aliphatic rings. The number of benzene rings is 3. The lowest BCUT2D eigenvalue weighted by Crippen LogP contribution is -2.48. The Hall–Kier alpha value is -2.80. The minimum atomic E-state index is -1.09. The highest BCUT2D eigenvalue weighted by Gasteiger charge is 2.45. The molecule has 0 radical (unpaired) electrons. The van der Waals surface area contributed by atoms with Gasteiger partial charge in [0, 0.05) is 73.0 Å². The van der Waals surface area contributed by atoms with Gasteiger partial charge in [0.1, 0.15) is 18.5 Å². The van der Waals surface area contributed by atoms with Crippen molar-refractivity contribution >= 4 is 75.1 Å². The quantitative estimate of drug-likeness (QED) is 0.159. The molecule has 6 rings (SSSR count). The van der Waals surface area contributed by atoms with Crippen LogP contribution in [0.5, 0.6) is 5.75 Å². The first-order valence-electron chi connectivity index (χ1n) is 15.2. The number of aromatic nitrogens is 2. The molecule has 1 aromatic heterocycles. The first-order chi connectivity index (χ1) is 22.8. The second-order valence-electron chi connectivity index (χ2n) is 11.3. The number of hydrogen-bond donors (Lipinski definition) is 2. The summed E-state index contributed by atoms with van der Waals surface area (Å²) in [5.74, 6) is -0.324. The Morgan fingerprint density at radius 2 is 1.70 bits per heavy atom. The molecule has 47 heavy (non-hydrogen) atoms. The Bertz CT molecular complexity index is 1660. The standard InChI is InChI=1S/C33H34Cl4N6O3S/c34-23-1-7-28(29(36)17-23)33(21-42-11-9-38-22-42)45-20-27(46-33)19-44-26-5-3-25(4-6-26)43-15-13-41(14-16-43)12-10-39-32(47)40-31-8-2-24(35)18-30(31)37/h1-9,11,17-18,22,27H,10,12-16,19-21H2,(H2,39,40,47). The summed E-state index contributed by atoms with van der Waals surface area (Å²) in [5.41, 5.74) is 2.60. The normalized spacial score (nSPS) is 19.9. The van der Waals surface area contributed by atoms with Crippen LogP contribution >= 0.6 is 58.6 Å². The van der Waals surface area contributed by atoms with E-state index in [2.05, 4.69) is 37.6 Å². The van der Waals surface area contributed by atoms with Gasteiger partial charge in [-0.25, -0.2) is 4.98 Å². The molecule has 0 bridgehead atoms. The smallest absolute Gasteiger partial charge is 0.215 e. The number of rotatable bonds is 11. The molecule has 0 amide bonds. The maximum Gasteiger partial charge on any atom is 0.215 e. The van der Waals surface area contributed by atoms with Gasteiger partial charge in [-0.3, -0.25) is 4.90 Å². The van der Waals surface area contributed by atoms with Crippen LogP contribution in [-0.2, 0) is 21.8 Å². The summed E-state index contributed by atoms with van der Waals surface area (Å²) in [7, 11) is 0. The average molecular weight is 737 g/mol. The van der Waals surface area contributed by atoms with E-state index in [0.29, 0.717) is 50.5 Å². The molecule has 248 valence electrons. The zero-order valence-electron chi connectivity index (χ0n) is 25.4. The number of nitrogens with zero attached hydrogens (tertiary/aromatic N) is 4. The molecule has 2 atom stereocenters. The zero-order chi connectivity index (χ0) is 32.8. The SMILES string of the molecule is S=C(NCCN1CCN(c2ccc(OCC3COC(Cn4ccnc4)(c4ccc(Cl)cc4Cl)O3)cc2)CC1)Nc1ccc(Cl)cc1Cl. The molecule has 0 spiro atoms. The highest BCUT2D eigenvalue weighted by Crippen LogP contribution is 2.40. The molecule has 3 heterocycles. The van der Waals surface area contributed by atoms with E-state index in [9.17, 15) is 0 Å². The van der Waals surface area contributed by atoms with Crippen molar-refractivity contribution in [2.24, 2.45) is 0 Å². The van der Waals surface area contributed by atoms with Crippen LogP contribution < -0.4 is 20.3 Å². The van der Waals surface area contributed by atoms with Crippen LogP contribution in [0.1, 0.15) is 5.56 Å². The van der Waals surface area contributed by atoms with Gasteiger partial charge in [-0.05, 0) is 66.8 Å². The number of anilines is 2. The van der Waals surface area contributed by atoms with E-state index < -0.39 is 5.79 Å². The molecule has 14 heteroatoms. The van der Waals surface area contributed by atoms with Crippen molar-refractivity contribution in [2.75, 3.05) is 62.7 Å². The van der Waals surface area contributed by atoms with Crippen LogP contribution in [0.25, 0.3) is 0 Å². The van der Waals surface area contributed by atoms with Gasteiger partial charge < -0.3 is 34.3 Å². The number of ether oxygens (including phenoxy) is 3. The molecule has 0 saturated carbocycles. The number of halogens is 4. The summed E-state index contributed by atoms with van der Waals surface area (Å²) >= 11 is 30.4. The van der Waals surface area contributed by atoms with Gasteiger partial charge in [0.25, 0.3) is 0 Å². The first-order valence-corrected chi connectivity index (χ1v) is 17.1. The minimum absolute atomic E-state index is 0.298. The topological polar surface area (TPSA) is 76.0 Å². The molecule has 9 nitrogen and oxygen atoms in total. The lowest BCUT2D eigenvalue weighted by atomic mass is 10.1. The second-order valence-corrected chi connectivity index (χ2v) is 13.4. The third-order valence-electron chi connectivity index (χ3n) is 8.05. The van der Waals surface area contributed by atoms with Gasteiger partial charge in [-0.15, -0.1) is 0 Å². The lowest BCUT2D eigenvalue weighted by molar-refractivity contribution is -0.189. The van der Waals surface area contributed by atoms with Crippen LogP contribution in [0.4, 0.5) is 11.4 Å². The maximum absolute atomic E-state index is 6.59. The number of nitrogens with one attached hydrogen (secondary N) is 2. The van der Waals surface area contributed by atoms with Crippen LogP contribution in [0, 0.1) is 0 Å². The molecule has 2 unspecified atom stereocenters. The van der Waals surface area contributed by atoms with E-state index in [1.165, 1.54) is 0 Å². The summed E-state index contributed by atoms with van der Waals surface area (Å²) in [6.07, 6.45) is 4.99. The van der Waals surface area contributed by atoms with Crippen LogP contribution in [0.3, 0.4) is 0 Å². The lowest BCUT2D eigenvalue weighted by Gasteiger charge is -2.36. The maximum atomic E-state index is 6.59. The van der Waals surface area contributed by atoms with E-state index in [-0.39, 0.29) is 6.10 Å². The van der Waals surface area contributed by atoms with Crippen molar-refractivity contribution in [1.29, 1.82) is 0 Å². The van der Waals surface area contributed by atoms with Crippen LogP contribution in [0.15, 0.2) is 79.4 Å². The summed E-state index contributed by atoms with van der Waals surface area (Å²) in [6, 6.07) is 18.8. The van der Waals surface area contributed by atoms with Gasteiger partial charge >= 0.3 is 0 Å². The molecule has 3 aromatic carbocycles. The number of hydrogen-bond acceptors (Lipinski definition) is 7. The molecule has 2 aliphatic heterocycles. The Balaban J connectivity index is 0.946. The Kier molecular flexibility index (Phi) is 11.3. The number of thiocarbonyl (C=S) groups is 1. The third kappa shape index (κ3) is 8.82. The first kappa shape index (κ1) is 34.1. The average Bonchev–Trinajstić information content (AvgIpc) is 3.72. The zero-order valence-corrected chi connectivity index (χ0v) is 29.2. The monoisotopic (exact) mass is 734 g/mol. The van der Waals surface area contributed by atoms with Crippen LogP contribution in [0.2, 0.25) is 20.1 Å². The van der Waals surface area contributed by atoms with E-state index in [1.807, 2.05) is 35.0 Å². The number of imidazole rings is 1. The Morgan fingerprint density at radius 1 is 0.957 bits per heavy atom. The van der Waals surface area contributed by atoms with E-state index >= 15 is 0 Å². The summed E-state index contributed by atoms with van der Waals surface area (Å²) in [6.45, 7) is 6.47. The van der Waals surface area contributed by atoms with Gasteiger partial charge in [0.2, 0.25) is 5.79 Å². The molecule has 0 aliphatic carbocycles. The van der Waals surface area contributed by atoms with Crippen LogP contribution in [-0.4, -0.2) is 78.1 Å². The predicted octanol–water partition coefficient (Wildman–Crippen LogP) is 6.95. The molecule has 2 saturated heterocycles. The number of piperazine rings is 1. The highest BCUT2D eigenvalue weighted by atomic mass is 35.5. The van der Waals surface area contributed by atoms with E-state index in [1.54, 1.807) is 36.8 Å². The fourth-order valence-electron chi connectivity index (χ4n) is 5.63. The third-order valence-corrected chi connectivity index (χ3v) is 9.40. The van der Waals surface area contributed by atoms with E-state index in [4.69, 9.17) is 72.8 Å². The van der Waals surface area contributed by atoms with Crippen molar-refractivity contribution in [3.05, 3.63) is 105 Å². The van der Waals surface area contributed by atoms with Gasteiger partial charge in [-0.2, -0.15) is 0 Å². The van der Waals surface area contributed by atoms with Crippen molar-refractivity contribution in [3.8, 4) is 5.75 Å². The largest absolute Gasteiger partial charge is 0.491 e. The Labute approximate surface area is 299 Å². The van der Waals surface area contributed by atoms with Crippen molar-refractivity contribution in [3.63, 3.8) is 0 Å². The van der Waals surface area contributed by atoms with Crippen molar-refractivity contribution in [1.82, 2.24) is 19.8 Å². The minimum Gasteiger partial charge on any atom is -0.491 e. The summed E-state index contributed by atoms with van der Waals surface area (Å²) < 4.78 is 20.8. The van der Waals surface area contributed by atoms with Crippen molar-refractivity contribution in [2.45, 2.75) is 18.4 Å². The highest BCUT2D eigenvalue weighted by molar-refractivity contribution is 7.80. The Morgan fingerprint density at radius 3 is 2.40 bits per heavy atom. The summed E-state index contributed by atoms with van der Waals surface area (Å²) in [5, 5.41) is 9.04. The fourth-order valence-corrected chi connectivity index (χ4v) is 6.85. The van der Waals surface area contributed by atoms with E-state index in [0.717, 1.165) is 56.4 Å². The molecule has 2 N–H and O–H groups in total. The second kappa shape index (κ2) is 15.6. The summed E-state index contributed by atoms with van der Waals surface area (Å²) in [4.78, 5) is 8.96. The molecular formula is C33H34Cl4N6O3S. The van der Waals surface area contributed by atoms with Crippen molar-refractivity contribution < 1.29 is 14.2 Å². The van der Waals surface area contributed by atoms with Gasteiger partial charge in [-0.1, -0.05) is 52.5 Å². The molecular weight excluding hydrogens is 702 g/mol. The molecule has 2 fully saturated rings.